The quantitative estimate of drug-likeness (QED) is 0.469. The lowest BCUT2D eigenvalue weighted by atomic mass is 9.73. The van der Waals surface area contributed by atoms with Crippen LogP contribution in [0, 0.1) is 5.41 Å². The van der Waals surface area contributed by atoms with Crippen molar-refractivity contribution in [2.45, 2.75) is 26.7 Å². The van der Waals surface area contributed by atoms with Crippen LogP contribution in [0.3, 0.4) is 0 Å². The average molecular weight is 244 g/mol. The van der Waals surface area contributed by atoms with Gasteiger partial charge in [0.1, 0.15) is 11.3 Å². The van der Waals surface area contributed by atoms with Crippen LogP contribution in [-0.4, -0.2) is 16.7 Å². The Balaban J connectivity index is 2.44. The predicted octanol–water partition coefficient (Wildman–Crippen LogP) is 2.91. The molecule has 0 aliphatic heterocycles. The standard InChI is InChI=1S/C15H16O3/c1-15(2)8-11(16)13(12(17)9-15)14(18)10-6-4-3-5-7-10/h3-7,18H,8-9H2,1-2H3. The molecule has 0 saturated heterocycles. The molecule has 1 N–H and O–H groups in total. The number of Topliss-reactive ketones (excluding diaryl/α,β-unsaturated/α-hetero) is 2. The van der Waals surface area contributed by atoms with Gasteiger partial charge in [-0.05, 0) is 5.41 Å². The van der Waals surface area contributed by atoms with Crippen LogP contribution in [-0.2, 0) is 9.59 Å². The van der Waals surface area contributed by atoms with E-state index in [-0.39, 0.29) is 28.3 Å². The third-order valence-electron chi connectivity index (χ3n) is 3.12. The highest BCUT2D eigenvalue weighted by Gasteiger charge is 2.37. The molecule has 94 valence electrons. The Labute approximate surface area is 106 Å². The number of carbonyl (C=O) groups is 2. The van der Waals surface area contributed by atoms with Gasteiger partial charge in [0.05, 0.1) is 0 Å². The number of hydrogen-bond donors (Lipinski definition) is 1. The molecule has 3 heteroatoms. The van der Waals surface area contributed by atoms with Gasteiger partial charge in [0.25, 0.3) is 0 Å². The van der Waals surface area contributed by atoms with Crippen molar-refractivity contribution in [3.63, 3.8) is 0 Å². The molecule has 0 amide bonds. The highest BCUT2D eigenvalue weighted by atomic mass is 16.3. The van der Waals surface area contributed by atoms with Crippen LogP contribution in [0.25, 0.3) is 5.76 Å². The third-order valence-corrected chi connectivity index (χ3v) is 3.12. The number of rotatable bonds is 1. The molecular formula is C15H16O3. The van der Waals surface area contributed by atoms with Crippen LogP contribution in [0.2, 0.25) is 0 Å². The zero-order valence-corrected chi connectivity index (χ0v) is 10.6. The molecule has 0 atom stereocenters. The molecule has 1 aromatic carbocycles. The maximum Gasteiger partial charge on any atom is 0.170 e. The minimum absolute atomic E-state index is 0.0412. The molecule has 0 bridgehead atoms. The van der Waals surface area contributed by atoms with Gasteiger partial charge >= 0.3 is 0 Å². The van der Waals surface area contributed by atoms with E-state index in [2.05, 4.69) is 0 Å². The molecule has 1 aliphatic carbocycles. The molecule has 0 heterocycles. The first-order chi connectivity index (χ1) is 8.41. The summed E-state index contributed by atoms with van der Waals surface area (Å²) in [5.74, 6) is -0.726. The van der Waals surface area contributed by atoms with Gasteiger partial charge in [-0.25, -0.2) is 0 Å². The second-order valence-corrected chi connectivity index (χ2v) is 5.45. The summed E-state index contributed by atoms with van der Waals surface area (Å²) in [5, 5.41) is 10.1. The number of aliphatic hydroxyl groups is 1. The molecule has 1 aliphatic rings. The summed E-state index contributed by atoms with van der Waals surface area (Å²) in [4.78, 5) is 24.0. The molecule has 18 heavy (non-hydrogen) atoms. The average Bonchev–Trinajstić information content (AvgIpc) is 2.27. The van der Waals surface area contributed by atoms with E-state index in [1.165, 1.54) is 0 Å². The molecule has 0 unspecified atom stereocenters. The van der Waals surface area contributed by atoms with Crippen molar-refractivity contribution in [3.8, 4) is 0 Å². The zero-order valence-electron chi connectivity index (χ0n) is 10.6. The topological polar surface area (TPSA) is 54.4 Å². The Bertz CT molecular complexity index is 502. The van der Waals surface area contributed by atoms with E-state index in [1.807, 2.05) is 19.9 Å². The van der Waals surface area contributed by atoms with Crippen LogP contribution in [0.1, 0.15) is 32.3 Å². The van der Waals surface area contributed by atoms with Crippen LogP contribution < -0.4 is 0 Å². The largest absolute Gasteiger partial charge is 0.506 e. The molecule has 0 spiro atoms. The lowest BCUT2D eigenvalue weighted by Crippen LogP contribution is -2.32. The maximum absolute atomic E-state index is 12.0. The molecule has 1 aromatic rings. The van der Waals surface area contributed by atoms with Crippen molar-refractivity contribution in [1.29, 1.82) is 0 Å². The molecule has 1 saturated carbocycles. The van der Waals surface area contributed by atoms with Crippen LogP contribution in [0.15, 0.2) is 35.9 Å². The van der Waals surface area contributed by atoms with Gasteiger partial charge in [0, 0.05) is 18.4 Å². The predicted molar refractivity (Wildman–Crippen MR) is 69.0 cm³/mol. The SMILES string of the molecule is CC1(C)CC(=O)C(=C(O)c2ccccc2)C(=O)C1. The Morgan fingerprint density at radius 2 is 1.56 bits per heavy atom. The second kappa shape index (κ2) is 4.41. The highest BCUT2D eigenvalue weighted by molar-refractivity contribution is 6.26. The fraction of sp³-hybridized carbons (Fsp3) is 0.333. The summed E-state index contributed by atoms with van der Waals surface area (Å²) >= 11 is 0. The Morgan fingerprint density at radius 1 is 1.06 bits per heavy atom. The minimum atomic E-state index is -0.311. The van der Waals surface area contributed by atoms with Gasteiger partial charge < -0.3 is 5.11 Å². The fourth-order valence-corrected chi connectivity index (χ4v) is 2.27. The molecule has 0 aromatic heterocycles. The van der Waals surface area contributed by atoms with E-state index in [0.717, 1.165) is 0 Å². The van der Waals surface area contributed by atoms with Crippen molar-refractivity contribution in [1.82, 2.24) is 0 Å². The van der Waals surface area contributed by atoms with Gasteiger partial charge in [-0.2, -0.15) is 0 Å². The second-order valence-electron chi connectivity index (χ2n) is 5.45. The smallest absolute Gasteiger partial charge is 0.170 e. The first kappa shape index (κ1) is 12.6. The zero-order chi connectivity index (χ0) is 13.3. The number of hydrogen-bond acceptors (Lipinski definition) is 3. The number of allylic oxidation sites excluding steroid dienone is 1. The summed E-state index contributed by atoms with van der Waals surface area (Å²) in [6, 6.07) is 8.70. The summed E-state index contributed by atoms with van der Waals surface area (Å²) in [6.07, 6.45) is 0.593. The molecular weight excluding hydrogens is 228 g/mol. The number of benzene rings is 1. The summed E-state index contributed by atoms with van der Waals surface area (Å²) < 4.78 is 0. The highest BCUT2D eigenvalue weighted by Crippen LogP contribution is 2.35. The third kappa shape index (κ3) is 2.35. The van der Waals surface area contributed by atoms with Crippen LogP contribution >= 0.6 is 0 Å². The molecule has 1 fully saturated rings. The Kier molecular flexibility index (Phi) is 3.07. The Morgan fingerprint density at radius 3 is 2.06 bits per heavy atom. The van der Waals surface area contributed by atoms with Gasteiger partial charge in [0.2, 0.25) is 0 Å². The monoisotopic (exact) mass is 244 g/mol. The van der Waals surface area contributed by atoms with Crippen molar-refractivity contribution in [3.05, 3.63) is 41.5 Å². The van der Waals surface area contributed by atoms with E-state index in [4.69, 9.17) is 0 Å². The normalized spacial score (nSPS) is 18.9. The van der Waals surface area contributed by atoms with E-state index in [1.54, 1.807) is 24.3 Å². The molecule has 2 rings (SSSR count). The van der Waals surface area contributed by atoms with Crippen molar-refractivity contribution in [2.75, 3.05) is 0 Å². The number of aliphatic hydroxyl groups excluding tert-OH is 1. The first-order valence-electron chi connectivity index (χ1n) is 5.96. The maximum atomic E-state index is 12.0. The van der Waals surface area contributed by atoms with Crippen molar-refractivity contribution in [2.24, 2.45) is 5.41 Å². The number of carbonyl (C=O) groups excluding carboxylic acids is 2. The lowest BCUT2D eigenvalue weighted by molar-refractivity contribution is -0.127. The summed E-state index contributed by atoms with van der Waals surface area (Å²) in [7, 11) is 0. The summed E-state index contributed by atoms with van der Waals surface area (Å²) in [5.41, 5.74) is 0.156. The van der Waals surface area contributed by atoms with Gasteiger partial charge in [-0.3, -0.25) is 9.59 Å². The summed E-state index contributed by atoms with van der Waals surface area (Å²) in [6.45, 7) is 3.78. The van der Waals surface area contributed by atoms with E-state index in [0.29, 0.717) is 18.4 Å². The van der Waals surface area contributed by atoms with Crippen molar-refractivity contribution >= 4 is 17.3 Å². The van der Waals surface area contributed by atoms with Gasteiger partial charge in [0.15, 0.2) is 11.6 Å². The fourth-order valence-electron chi connectivity index (χ4n) is 2.27. The van der Waals surface area contributed by atoms with Crippen LogP contribution in [0.5, 0.6) is 0 Å². The van der Waals surface area contributed by atoms with Crippen LogP contribution in [0.4, 0.5) is 0 Å². The Hall–Kier alpha value is -1.90. The minimum Gasteiger partial charge on any atom is -0.506 e. The van der Waals surface area contributed by atoms with E-state index >= 15 is 0 Å². The molecule has 0 radical (unpaired) electrons. The lowest BCUT2D eigenvalue weighted by Gasteiger charge is -2.28. The van der Waals surface area contributed by atoms with Crippen molar-refractivity contribution < 1.29 is 14.7 Å². The van der Waals surface area contributed by atoms with E-state index in [9.17, 15) is 14.7 Å². The van der Waals surface area contributed by atoms with Gasteiger partial charge in [-0.1, -0.05) is 44.2 Å². The number of ketones is 2. The molecule has 3 nitrogen and oxygen atoms in total. The van der Waals surface area contributed by atoms with E-state index < -0.39 is 0 Å². The first-order valence-corrected chi connectivity index (χ1v) is 5.96. The van der Waals surface area contributed by atoms with Gasteiger partial charge in [-0.15, -0.1) is 0 Å².